The van der Waals surface area contributed by atoms with Crippen LogP contribution in [0, 0.1) is 6.92 Å². The molecule has 1 aliphatic heterocycles. The summed E-state index contributed by atoms with van der Waals surface area (Å²) in [6.07, 6.45) is 2.49. The van der Waals surface area contributed by atoms with E-state index in [0.717, 1.165) is 34.5 Å². The largest absolute Gasteiger partial charge is 0.322 e. The first-order valence-corrected chi connectivity index (χ1v) is 11.5. The quantitative estimate of drug-likeness (QED) is 0.463. The summed E-state index contributed by atoms with van der Waals surface area (Å²) in [5.41, 5.74) is 6.72. The van der Waals surface area contributed by atoms with E-state index in [1.165, 1.54) is 0 Å². The average molecular weight is 454 g/mol. The van der Waals surface area contributed by atoms with Crippen molar-refractivity contribution < 1.29 is 9.59 Å². The van der Waals surface area contributed by atoms with E-state index in [4.69, 9.17) is 4.98 Å². The monoisotopic (exact) mass is 453 g/mol. The molecule has 0 spiro atoms. The molecule has 3 heterocycles. The lowest BCUT2D eigenvalue weighted by Crippen LogP contribution is -2.25. The normalized spacial score (nSPS) is 12.9. The number of nitrogens with zero attached hydrogens (tertiary/aromatic N) is 4. The Kier molecular flexibility index (Phi) is 5.40. The second kappa shape index (κ2) is 8.41. The molecule has 0 fully saturated rings. The molecule has 2 aromatic heterocycles. The van der Waals surface area contributed by atoms with Crippen LogP contribution in [0.2, 0.25) is 0 Å². The molecule has 7 heteroatoms. The van der Waals surface area contributed by atoms with Gasteiger partial charge in [-0.3, -0.25) is 9.59 Å². The number of amides is 2. The lowest BCUT2D eigenvalue weighted by atomic mass is 10.0. The molecule has 0 aliphatic carbocycles. The van der Waals surface area contributed by atoms with E-state index in [9.17, 15) is 9.59 Å². The SMILES string of the molecule is CC(=O)N1CCc2cc(NC(=O)c3cc(-c4ccc(C)cc4)nc4c3cnn4C(C)C)ccc21. The van der Waals surface area contributed by atoms with Crippen LogP contribution in [0.15, 0.2) is 54.7 Å². The van der Waals surface area contributed by atoms with E-state index >= 15 is 0 Å². The molecule has 1 aliphatic rings. The number of hydrogen-bond donors (Lipinski definition) is 1. The average Bonchev–Trinajstić information content (AvgIpc) is 3.43. The van der Waals surface area contributed by atoms with Crippen LogP contribution < -0.4 is 10.2 Å². The molecule has 0 radical (unpaired) electrons. The van der Waals surface area contributed by atoms with Crippen LogP contribution in [0.5, 0.6) is 0 Å². The predicted molar refractivity (Wildman–Crippen MR) is 134 cm³/mol. The minimum atomic E-state index is -0.217. The maximum absolute atomic E-state index is 13.5. The van der Waals surface area contributed by atoms with E-state index in [-0.39, 0.29) is 17.9 Å². The second-order valence-electron chi connectivity index (χ2n) is 9.06. The topological polar surface area (TPSA) is 80.1 Å². The van der Waals surface area contributed by atoms with Gasteiger partial charge in [-0.25, -0.2) is 9.67 Å². The van der Waals surface area contributed by atoms with Crippen molar-refractivity contribution in [3.63, 3.8) is 0 Å². The van der Waals surface area contributed by atoms with Gasteiger partial charge in [0.1, 0.15) is 0 Å². The van der Waals surface area contributed by atoms with Crippen molar-refractivity contribution in [3.05, 3.63) is 71.4 Å². The summed E-state index contributed by atoms with van der Waals surface area (Å²) in [5.74, 6) is -0.189. The third kappa shape index (κ3) is 3.83. The fraction of sp³-hybridized carbons (Fsp3) is 0.259. The maximum atomic E-state index is 13.5. The standard InChI is InChI=1S/C27H27N5O2/c1-16(2)32-26-23(15-28-32)22(14-24(30-26)19-7-5-17(3)6-8-19)27(34)29-21-9-10-25-20(13-21)11-12-31(25)18(4)33/h5-10,13-16H,11-12H2,1-4H3,(H,29,34). The van der Waals surface area contributed by atoms with Crippen molar-refractivity contribution in [1.29, 1.82) is 0 Å². The zero-order valence-corrected chi connectivity index (χ0v) is 19.8. The van der Waals surface area contributed by atoms with Gasteiger partial charge in [0.2, 0.25) is 5.91 Å². The van der Waals surface area contributed by atoms with Gasteiger partial charge >= 0.3 is 0 Å². The predicted octanol–water partition coefficient (Wildman–Crippen LogP) is 5.15. The number of carbonyl (C=O) groups is 2. The van der Waals surface area contributed by atoms with Gasteiger partial charge in [0.05, 0.1) is 22.8 Å². The van der Waals surface area contributed by atoms with Gasteiger partial charge in [0.25, 0.3) is 5.91 Å². The Balaban J connectivity index is 1.54. The molecular formula is C27H27N5O2. The van der Waals surface area contributed by atoms with Gasteiger partial charge in [-0.15, -0.1) is 0 Å². The molecule has 4 aromatic rings. The summed E-state index contributed by atoms with van der Waals surface area (Å²) < 4.78 is 1.84. The molecular weight excluding hydrogens is 426 g/mol. The summed E-state index contributed by atoms with van der Waals surface area (Å²) in [6, 6.07) is 15.7. The molecule has 7 nitrogen and oxygen atoms in total. The Bertz CT molecular complexity index is 1420. The summed E-state index contributed by atoms with van der Waals surface area (Å²) in [5, 5.41) is 8.26. The van der Waals surface area contributed by atoms with Gasteiger partial charge < -0.3 is 10.2 Å². The van der Waals surface area contributed by atoms with E-state index in [1.807, 2.05) is 74.0 Å². The number of pyridine rings is 1. The Morgan fingerprint density at radius 1 is 1.06 bits per heavy atom. The van der Waals surface area contributed by atoms with Gasteiger partial charge in [-0.05, 0) is 57.0 Å². The molecule has 34 heavy (non-hydrogen) atoms. The zero-order valence-electron chi connectivity index (χ0n) is 19.8. The van der Waals surface area contributed by atoms with Crippen molar-refractivity contribution in [2.45, 2.75) is 40.2 Å². The Morgan fingerprint density at radius 3 is 2.53 bits per heavy atom. The molecule has 172 valence electrons. The molecule has 0 saturated heterocycles. The molecule has 0 atom stereocenters. The number of aryl methyl sites for hydroxylation is 1. The second-order valence-corrected chi connectivity index (χ2v) is 9.06. The molecule has 0 unspecified atom stereocenters. The fourth-order valence-electron chi connectivity index (χ4n) is 4.46. The van der Waals surface area contributed by atoms with Crippen molar-refractivity contribution in [1.82, 2.24) is 14.8 Å². The molecule has 2 aromatic carbocycles. The van der Waals surface area contributed by atoms with Crippen LogP contribution in [0.4, 0.5) is 11.4 Å². The first-order valence-electron chi connectivity index (χ1n) is 11.5. The Hall–Kier alpha value is -4.00. The van der Waals surface area contributed by atoms with E-state index in [1.54, 1.807) is 18.0 Å². The molecule has 2 amide bonds. The summed E-state index contributed by atoms with van der Waals surface area (Å²) in [4.78, 5) is 31.9. The van der Waals surface area contributed by atoms with Crippen LogP contribution in [0.1, 0.15) is 48.3 Å². The molecule has 1 N–H and O–H groups in total. The highest BCUT2D eigenvalue weighted by atomic mass is 16.2. The van der Waals surface area contributed by atoms with Crippen molar-refractivity contribution in [3.8, 4) is 11.3 Å². The number of fused-ring (bicyclic) bond motifs is 2. The number of carbonyl (C=O) groups excluding carboxylic acids is 2. The zero-order chi connectivity index (χ0) is 24.0. The number of benzene rings is 2. The highest BCUT2D eigenvalue weighted by Gasteiger charge is 2.23. The molecule has 0 saturated carbocycles. The highest BCUT2D eigenvalue weighted by Crippen LogP contribution is 2.31. The fourth-order valence-corrected chi connectivity index (χ4v) is 4.46. The summed E-state index contributed by atoms with van der Waals surface area (Å²) in [7, 11) is 0. The minimum absolute atomic E-state index is 0.0283. The minimum Gasteiger partial charge on any atom is -0.322 e. The smallest absolute Gasteiger partial charge is 0.256 e. The first-order chi connectivity index (χ1) is 16.3. The number of nitrogens with one attached hydrogen (secondary N) is 1. The van der Waals surface area contributed by atoms with Crippen LogP contribution in [-0.2, 0) is 11.2 Å². The van der Waals surface area contributed by atoms with Crippen LogP contribution in [0.3, 0.4) is 0 Å². The number of aromatic nitrogens is 3. The number of rotatable bonds is 4. The Morgan fingerprint density at radius 2 is 1.82 bits per heavy atom. The third-order valence-corrected chi connectivity index (χ3v) is 6.26. The van der Waals surface area contributed by atoms with Crippen LogP contribution in [-0.4, -0.2) is 33.1 Å². The van der Waals surface area contributed by atoms with Gasteiger partial charge in [0.15, 0.2) is 5.65 Å². The first kappa shape index (κ1) is 21.8. The van der Waals surface area contributed by atoms with Gasteiger partial charge in [-0.2, -0.15) is 5.10 Å². The van der Waals surface area contributed by atoms with Crippen molar-refractivity contribution >= 4 is 34.2 Å². The van der Waals surface area contributed by atoms with Crippen molar-refractivity contribution in [2.24, 2.45) is 0 Å². The Labute approximate surface area is 198 Å². The summed E-state index contributed by atoms with van der Waals surface area (Å²) in [6.45, 7) is 8.37. The van der Waals surface area contributed by atoms with Crippen LogP contribution in [0.25, 0.3) is 22.3 Å². The molecule has 0 bridgehead atoms. The van der Waals surface area contributed by atoms with Crippen LogP contribution >= 0.6 is 0 Å². The third-order valence-electron chi connectivity index (χ3n) is 6.26. The number of anilines is 2. The van der Waals surface area contributed by atoms with E-state index in [0.29, 0.717) is 28.8 Å². The van der Waals surface area contributed by atoms with Gasteiger partial charge in [0, 0.05) is 36.4 Å². The lowest BCUT2D eigenvalue weighted by molar-refractivity contribution is -0.116. The highest BCUT2D eigenvalue weighted by molar-refractivity contribution is 6.12. The van der Waals surface area contributed by atoms with E-state index in [2.05, 4.69) is 10.4 Å². The van der Waals surface area contributed by atoms with Gasteiger partial charge in [-0.1, -0.05) is 29.8 Å². The van der Waals surface area contributed by atoms with Crippen molar-refractivity contribution in [2.75, 3.05) is 16.8 Å². The summed E-state index contributed by atoms with van der Waals surface area (Å²) >= 11 is 0. The molecule has 5 rings (SSSR count). The lowest BCUT2D eigenvalue weighted by Gasteiger charge is -2.15. The number of hydrogen-bond acceptors (Lipinski definition) is 4. The van der Waals surface area contributed by atoms with E-state index < -0.39 is 0 Å². The maximum Gasteiger partial charge on any atom is 0.256 e.